The molecule has 1 saturated heterocycles. The van der Waals surface area contributed by atoms with E-state index in [0.29, 0.717) is 48.7 Å². The quantitative estimate of drug-likeness (QED) is 0.754. The Bertz CT molecular complexity index is 846. The van der Waals surface area contributed by atoms with Crippen LogP contribution < -0.4 is 14.8 Å². The van der Waals surface area contributed by atoms with Crippen molar-refractivity contribution in [2.24, 2.45) is 5.92 Å². The summed E-state index contributed by atoms with van der Waals surface area (Å²) in [5.41, 5.74) is 1.33. The van der Waals surface area contributed by atoms with Crippen LogP contribution in [0.5, 0.6) is 11.5 Å². The van der Waals surface area contributed by atoms with Gasteiger partial charge >= 0.3 is 0 Å². The third kappa shape index (κ3) is 4.65. The number of nitrogens with one attached hydrogen (secondary N) is 1. The topological polar surface area (TPSA) is 67.9 Å². The summed E-state index contributed by atoms with van der Waals surface area (Å²) in [7, 11) is 3.13. The molecule has 0 spiro atoms. The van der Waals surface area contributed by atoms with E-state index >= 15 is 0 Å². The minimum Gasteiger partial charge on any atom is -0.493 e. The number of ether oxygens (including phenoxy) is 2. The van der Waals surface area contributed by atoms with E-state index in [4.69, 9.17) is 9.47 Å². The Morgan fingerprint density at radius 3 is 2.25 bits per heavy atom. The van der Waals surface area contributed by atoms with Gasteiger partial charge in [0.2, 0.25) is 5.91 Å². The molecule has 2 amide bonds. The molecular formula is C21H23BrN2O4. The van der Waals surface area contributed by atoms with Crippen LogP contribution in [0.25, 0.3) is 0 Å². The fourth-order valence-corrected chi connectivity index (χ4v) is 3.54. The number of anilines is 1. The molecule has 0 bridgehead atoms. The summed E-state index contributed by atoms with van der Waals surface area (Å²) in [5, 5.41) is 2.94. The van der Waals surface area contributed by atoms with Crippen molar-refractivity contribution in [3.63, 3.8) is 0 Å². The standard InChI is InChI=1S/C21H23BrN2O4/c1-27-18-8-7-17(13-19(18)28-2)23-20(25)14-9-11-24(12-10-14)21(26)15-3-5-16(22)6-4-15/h3-8,13-14H,9-12H2,1-2H3,(H,23,25). The zero-order valence-corrected chi connectivity index (χ0v) is 17.5. The van der Waals surface area contributed by atoms with E-state index in [0.717, 1.165) is 4.47 Å². The smallest absolute Gasteiger partial charge is 0.253 e. The van der Waals surface area contributed by atoms with Crippen LogP contribution >= 0.6 is 15.9 Å². The Hall–Kier alpha value is -2.54. The van der Waals surface area contributed by atoms with Crippen LogP contribution in [0.15, 0.2) is 46.9 Å². The number of hydrogen-bond acceptors (Lipinski definition) is 4. The largest absolute Gasteiger partial charge is 0.493 e. The lowest BCUT2D eigenvalue weighted by molar-refractivity contribution is -0.121. The van der Waals surface area contributed by atoms with Crippen molar-refractivity contribution in [3.05, 3.63) is 52.5 Å². The number of halogens is 1. The summed E-state index contributed by atoms with van der Waals surface area (Å²) < 4.78 is 11.4. The molecule has 2 aromatic rings. The molecule has 3 rings (SSSR count). The van der Waals surface area contributed by atoms with Gasteiger partial charge < -0.3 is 19.7 Å². The highest BCUT2D eigenvalue weighted by Crippen LogP contribution is 2.30. The molecule has 7 heteroatoms. The second-order valence-corrected chi connectivity index (χ2v) is 7.55. The first-order valence-corrected chi connectivity index (χ1v) is 9.89. The SMILES string of the molecule is COc1ccc(NC(=O)C2CCN(C(=O)c3ccc(Br)cc3)CC2)cc1OC. The van der Waals surface area contributed by atoms with E-state index in [2.05, 4.69) is 21.2 Å². The molecule has 0 aliphatic carbocycles. The van der Waals surface area contributed by atoms with Crippen LogP contribution in [-0.2, 0) is 4.79 Å². The number of carbonyl (C=O) groups is 2. The summed E-state index contributed by atoms with van der Waals surface area (Å²) in [6.07, 6.45) is 1.28. The average Bonchev–Trinajstić information content (AvgIpc) is 2.73. The third-order valence-electron chi connectivity index (χ3n) is 4.90. The summed E-state index contributed by atoms with van der Waals surface area (Å²) >= 11 is 3.37. The average molecular weight is 447 g/mol. The summed E-state index contributed by atoms with van der Waals surface area (Å²) in [6.45, 7) is 1.14. The molecule has 1 aliphatic heterocycles. The Balaban J connectivity index is 1.56. The molecule has 0 radical (unpaired) electrons. The van der Waals surface area contributed by atoms with Gasteiger partial charge in [-0.05, 0) is 49.2 Å². The van der Waals surface area contributed by atoms with Gasteiger partial charge in [0.25, 0.3) is 5.91 Å². The number of benzene rings is 2. The number of amides is 2. The number of rotatable bonds is 5. The maximum atomic E-state index is 12.6. The van der Waals surface area contributed by atoms with Crippen LogP contribution in [0.3, 0.4) is 0 Å². The molecule has 1 heterocycles. The Morgan fingerprint density at radius 1 is 1.00 bits per heavy atom. The van der Waals surface area contributed by atoms with Crippen molar-refractivity contribution < 1.29 is 19.1 Å². The second kappa shape index (κ2) is 9.10. The summed E-state index contributed by atoms with van der Waals surface area (Å²) in [4.78, 5) is 27.0. The first kappa shape index (κ1) is 20.2. The van der Waals surface area contributed by atoms with Gasteiger partial charge in [0.1, 0.15) is 0 Å². The molecular weight excluding hydrogens is 424 g/mol. The number of piperidine rings is 1. The van der Waals surface area contributed by atoms with Crippen molar-refractivity contribution in [1.29, 1.82) is 0 Å². The molecule has 0 unspecified atom stereocenters. The van der Waals surface area contributed by atoms with Gasteiger partial charge in [0.15, 0.2) is 11.5 Å². The first-order valence-electron chi connectivity index (χ1n) is 9.09. The zero-order valence-electron chi connectivity index (χ0n) is 15.9. The molecule has 0 atom stereocenters. The molecule has 28 heavy (non-hydrogen) atoms. The van der Waals surface area contributed by atoms with Crippen LogP contribution in [0.4, 0.5) is 5.69 Å². The Kier molecular flexibility index (Phi) is 6.57. The normalized spacial score (nSPS) is 14.5. The number of methoxy groups -OCH3 is 2. The maximum Gasteiger partial charge on any atom is 0.253 e. The van der Waals surface area contributed by atoms with Gasteiger partial charge in [-0.25, -0.2) is 0 Å². The second-order valence-electron chi connectivity index (χ2n) is 6.63. The fourth-order valence-electron chi connectivity index (χ4n) is 3.28. The summed E-state index contributed by atoms with van der Waals surface area (Å²) in [5.74, 6) is 1.02. The van der Waals surface area contributed by atoms with Crippen LogP contribution in [0.1, 0.15) is 23.2 Å². The van der Waals surface area contributed by atoms with E-state index in [9.17, 15) is 9.59 Å². The van der Waals surface area contributed by atoms with E-state index in [1.807, 2.05) is 29.2 Å². The van der Waals surface area contributed by atoms with E-state index < -0.39 is 0 Å². The van der Waals surface area contributed by atoms with Gasteiger partial charge in [-0.2, -0.15) is 0 Å². The fraction of sp³-hybridized carbons (Fsp3) is 0.333. The highest BCUT2D eigenvalue weighted by Gasteiger charge is 2.28. The van der Waals surface area contributed by atoms with Crippen LogP contribution in [0, 0.1) is 5.92 Å². The number of likely N-dealkylation sites (tertiary alicyclic amines) is 1. The minimum atomic E-state index is -0.123. The first-order chi connectivity index (χ1) is 13.5. The lowest BCUT2D eigenvalue weighted by atomic mass is 9.95. The monoisotopic (exact) mass is 446 g/mol. The molecule has 1 aliphatic rings. The van der Waals surface area contributed by atoms with Gasteiger partial charge in [-0.1, -0.05) is 15.9 Å². The predicted octanol–water partition coefficient (Wildman–Crippen LogP) is 3.96. The number of carbonyl (C=O) groups excluding carboxylic acids is 2. The Labute approximate surface area is 172 Å². The van der Waals surface area contributed by atoms with E-state index in [1.165, 1.54) is 0 Å². The molecule has 1 N–H and O–H groups in total. The lowest BCUT2D eigenvalue weighted by Crippen LogP contribution is -2.41. The molecule has 0 aromatic heterocycles. The molecule has 1 fully saturated rings. The van der Waals surface area contributed by atoms with Crippen molar-refractivity contribution in [2.45, 2.75) is 12.8 Å². The number of nitrogens with zero attached hydrogens (tertiary/aromatic N) is 1. The van der Waals surface area contributed by atoms with Crippen LogP contribution in [-0.4, -0.2) is 44.0 Å². The van der Waals surface area contributed by atoms with Crippen LogP contribution in [0.2, 0.25) is 0 Å². The zero-order chi connectivity index (χ0) is 20.1. The van der Waals surface area contributed by atoms with Crippen molar-refractivity contribution in [1.82, 2.24) is 4.90 Å². The predicted molar refractivity (Wildman–Crippen MR) is 111 cm³/mol. The molecule has 148 valence electrons. The Morgan fingerprint density at radius 2 is 1.64 bits per heavy atom. The van der Waals surface area contributed by atoms with Gasteiger partial charge in [0.05, 0.1) is 14.2 Å². The maximum absolute atomic E-state index is 12.6. The van der Waals surface area contributed by atoms with Crippen molar-refractivity contribution in [3.8, 4) is 11.5 Å². The highest BCUT2D eigenvalue weighted by atomic mass is 79.9. The molecule has 6 nitrogen and oxygen atoms in total. The van der Waals surface area contributed by atoms with E-state index in [-0.39, 0.29) is 17.7 Å². The van der Waals surface area contributed by atoms with Gasteiger partial charge in [-0.3, -0.25) is 9.59 Å². The van der Waals surface area contributed by atoms with Crippen molar-refractivity contribution >= 4 is 33.4 Å². The molecule has 2 aromatic carbocycles. The van der Waals surface area contributed by atoms with E-state index in [1.54, 1.807) is 32.4 Å². The minimum absolute atomic E-state index is 0.00579. The summed E-state index contributed by atoms with van der Waals surface area (Å²) in [6, 6.07) is 12.6. The lowest BCUT2D eigenvalue weighted by Gasteiger charge is -2.31. The van der Waals surface area contributed by atoms with Crippen molar-refractivity contribution in [2.75, 3.05) is 32.6 Å². The number of hydrogen-bond donors (Lipinski definition) is 1. The van der Waals surface area contributed by atoms with Gasteiger partial charge in [-0.15, -0.1) is 0 Å². The highest BCUT2D eigenvalue weighted by molar-refractivity contribution is 9.10. The third-order valence-corrected chi connectivity index (χ3v) is 5.42. The van der Waals surface area contributed by atoms with Gasteiger partial charge in [0, 0.05) is 40.8 Å². The molecule has 0 saturated carbocycles.